The average molecular weight is 345 g/mol. The number of aryl methyl sites for hydroxylation is 1. The van der Waals surface area contributed by atoms with E-state index in [-0.39, 0.29) is 5.91 Å². The molecule has 0 radical (unpaired) electrons. The van der Waals surface area contributed by atoms with E-state index in [4.69, 9.17) is 4.98 Å². The smallest absolute Gasteiger partial charge is 0.223 e. The summed E-state index contributed by atoms with van der Waals surface area (Å²) < 4.78 is 0. The van der Waals surface area contributed by atoms with Crippen molar-refractivity contribution in [2.24, 2.45) is 5.92 Å². The van der Waals surface area contributed by atoms with Gasteiger partial charge in [0, 0.05) is 19.7 Å². The van der Waals surface area contributed by atoms with E-state index in [2.05, 4.69) is 27.2 Å². The number of carbonyl (C=O) groups is 1. The Labute approximate surface area is 146 Å². The second kappa shape index (κ2) is 7.36. The molecule has 24 heavy (non-hydrogen) atoms. The number of likely N-dealkylation sites (tertiary alicyclic amines) is 1. The maximum atomic E-state index is 11.2. The normalized spacial score (nSPS) is 18.5. The number of thiazole rings is 1. The highest BCUT2D eigenvalue weighted by Gasteiger charge is 2.19. The van der Waals surface area contributed by atoms with Gasteiger partial charge in [-0.15, -0.1) is 0 Å². The van der Waals surface area contributed by atoms with Crippen molar-refractivity contribution in [3.8, 4) is 10.6 Å². The summed E-state index contributed by atoms with van der Waals surface area (Å²) in [5, 5.41) is 3.34. The van der Waals surface area contributed by atoms with Gasteiger partial charge in [-0.1, -0.05) is 11.3 Å². The monoisotopic (exact) mass is 345 g/mol. The molecule has 2 aromatic heterocycles. The number of carbonyl (C=O) groups excluding carboxylic acids is 1. The zero-order chi connectivity index (χ0) is 17.1. The number of hydrogen-bond acceptors (Lipinski definition) is 6. The number of anilines is 1. The number of aromatic nitrogens is 3. The molecule has 0 aliphatic carbocycles. The lowest BCUT2D eigenvalue weighted by atomic mass is 9.94. The summed E-state index contributed by atoms with van der Waals surface area (Å²) in [6.45, 7) is 5.73. The van der Waals surface area contributed by atoms with Crippen molar-refractivity contribution >= 4 is 22.4 Å². The zero-order valence-electron chi connectivity index (χ0n) is 14.4. The Bertz CT molecular complexity index is 730. The minimum Gasteiger partial charge on any atom is -0.306 e. The molecule has 3 heterocycles. The van der Waals surface area contributed by atoms with Crippen molar-refractivity contribution in [2.75, 3.05) is 25.5 Å². The lowest BCUT2D eigenvalue weighted by Crippen LogP contribution is -2.33. The summed E-state index contributed by atoms with van der Waals surface area (Å²) in [5.74, 6) is 0.530. The molecule has 1 atom stereocenters. The van der Waals surface area contributed by atoms with E-state index in [1.807, 2.05) is 13.1 Å². The van der Waals surface area contributed by atoms with Crippen molar-refractivity contribution in [1.29, 1.82) is 0 Å². The first-order valence-electron chi connectivity index (χ1n) is 8.26. The van der Waals surface area contributed by atoms with Crippen LogP contribution < -0.4 is 5.32 Å². The van der Waals surface area contributed by atoms with Gasteiger partial charge >= 0.3 is 0 Å². The number of piperidine rings is 1. The largest absolute Gasteiger partial charge is 0.306 e. The SMILES string of the molecule is CC(=O)Nc1nc(C)c(-c2cncc(C[C@@H]3CCCN(C)C3)n2)s1. The van der Waals surface area contributed by atoms with Gasteiger partial charge in [0.2, 0.25) is 5.91 Å². The molecule has 6 nitrogen and oxygen atoms in total. The van der Waals surface area contributed by atoms with E-state index in [9.17, 15) is 4.79 Å². The van der Waals surface area contributed by atoms with Crippen molar-refractivity contribution in [2.45, 2.75) is 33.1 Å². The molecule has 0 unspecified atom stereocenters. The number of rotatable bonds is 4. The molecule has 0 bridgehead atoms. The van der Waals surface area contributed by atoms with Crippen LogP contribution >= 0.6 is 11.3 Å². The first-order chi connectivity index (χ1) is 11.5. The summed E-state index contributed by atoms with van der Waals surface area (Å²) in [7, 11) is 2.18. The second-order valence-electron chi connectivity index (χ2n) is 6.49. The highest BCUT2D eigenvalue weighted by Crippen LogP contribution is 2.31. The van der Waals surface area contributed by atoms with Crippen LogP contribution in [0.4, 0.5) is 5.13 Å². The van der Waals surface area contributed by atoms with Gasteiger partial charge in [-0.05, 0) is 45.7 Å². The molecule has 7 heteroatoms. The van der Waals surface area contributed by atoms with Crippen LogP contribution in [0.15, 0.2) is 12.4 Å². The van der Waals surface area contributed by atoms with Crippen LogP contribution in [0.1, 0.15) is 31.2 Å². The van der Waals surface area contributed by atoms with Crippen molar-refractivity contribution in [3.05, 3.63) is 23.8 Å². The minimum atomic E-state index is -0.114. The molecule has 0 aromatic carbocycles. The van der Waals surface area contributed by atoms with Gasteiger partial charge in [0.25, 0.3) is 0 Å². The van der Waals surface area contributed by atoms with Crippen LogP contribution in [0.25, 0.3) is 10.6 Å². The van der Waals surface area contributed by atoms with Gasteiger partial charge in [0.1, 0.15) is 5.69 Å². The number of nitrogens with one attached hydrogen (secondary N) is 1. The predicted molar refractivity (Wildman–Crippen MR) is 96.1 cm³/mol. The summed E-state index contributed by atoms with van der Waals surface area (Å²) in [6.07, 6.45) is 7.10. The van der Waals surface area contributed by atoms with Crippen molar-refractivity contribution < 1.29 is 4.79 Å². The second-order valence-corrected chi connectivity index (χ2v) is 7.48. The van der Waals surface area contributed by atoms with E-state index in [1.165, 1.54) is 37.6 Å². The Kier molecular flexibility index (Phi) is 5.20. The van der Waals surface area contributed by atoms with Crippen LogP contribution in [0.5, 0.6) is 0 Å². The van der Waals surface area contributed by atoms with Gasteiger partial charge in [-0.3, -0.25) is 9.78 Å². The highest BCUT2D eigenvalue weighted by molar-refractivity contribution is 7.19. The molecule has 1 fully saturated rings. The van der Waals surface area contributed by atoms with Gasteiger partial charge in [0.15, 0.2) is 5.13 Å². The first-order valence-corrected chi connectivity index (χ1v) is 9.08. The Morgan fingerprint density at radius 3 is 3.00 bits per heavy atom. The summed E-state index contributed by atoms with van der Waals surface area (Å²) in [4.78, 5) is 28.1. The van der Waals surface area contributed by atoms with Crippen molar-refractivity contribution in [3.63, 3.8) is 0 Å². The third-order valence-electron chi connectivity index (χ3n) is 4.22. The van der Waals surface area contributed by atoms with Gasteiger partial charge in [-0.2, -0.15) is 0 Å². The van der Waals surface area contributed by atoms with Crippen LogP contribution in [0.3, 0.4) is 0 Å². The fraction of sp³-hybridized carbons (Fsp3) is 0.529. The topological polar surface area (TPSA) is 71.0 Å². The molecule has 128 valence electrons. The quantitative estimate of drug-likeness (QED) is 0.922. The Morgan fingerprint density at radius 1 is 1.42 bits per heavy atom. The van der Waals surface area contributed by atoms with Crippen LogP contribution in [-0.4, -0.2) is 45.9 Å². The minimum absolute atomic E-state index is 0.114. The molecule has 2 aromatic rings. The summed E-state index contributed by atoms with van der Waals surface area (Å²) in [5.41, 5.74) is 2.73. The third-order valence-corrected chi connectivity index (χ3v) is 5.31. The van der Waals surface area contributed by atoms with Crippen LogP contribution in [0, 0.1) is 12.8 Å². The van der Waals surface area contributed by atoms with E-state index in [1.54, 1.807) is 6.20 Å². The number of amides is 1. The molecule has 1 N–H and O–H groups in total. The standard InChI is InChI=1S/C17H23N5OS/c1-11-16(24-17(19-11)20-12(2)23)15-9-18-8-14(21-15)7-13-5-4-6-22(3)10-13/h8-9,13H,4-7,10H2,1-3H3,(H,19,20,23)/t13-/m0/s1. The van der Waals surface area contributed by atoms with Crippen LogP contribution in [0.2, 0.25) is 0 Å². The van der Waals surface area contributed by atoms with E-state index in [0.29, 0.717) is 11.0 Å². The maximum absolute atomic E-state index is 11.2. The fourth-order valence-electron chi connectivity index (χ4n) is 3.19. The Balaban J connectivity index is 1.77. The van der Waals surface area contributed by atoms with Crippen molar-refractivity contribution in [1.82, 2.24) is 19.9 Å². The van der Waals surface area contributed by atoms with Crippen LogP contribution in [-0.2, 0) is 11.2 Å². The summed E-state index contributed by atoms with van der Waals surface area (Å²) in [6, 6.07) is 0. The highest BCUT2D eigenvalue weighted by atomic mass is 32.1. The van der Waals surface area contributed by atoms with Gasteiger partial charge in [0.05, 0.1) is 22.5 Å². The lowest BCUT2D eigenvalue weighted by molar-refractivity contribution is -0.114. The molecule has 1 saturated heterocycles. The molecular formula is C17H23N5OS. The average Bonchev–Trinajstić information content (AvgIpc) is 2.87. The molecule has 1 aliphatic heterocycles. The van der Waals surface area contributed by atoms with E-state index in [0.717, 1.165) is 34.9 Å². The fourth-order valence-corrected chi connectivity index (χ4v) is 4.15. The van der Waals surface area contributed by atoms with E-state index < -0.39 is 0 Å². The zero-order valence-corrected chi connectivity index (χ0v) is 15.2. The molecule has 0 spiro atoms. The lowest BCUT2D eigenvalue weighted by Gasteiger charge is -2.29. The maximum Gasteiger partial charge on any atom is 0.223 e. The van der Waals surface area contributed by atoms with Gasteiger partial charge < -0.3 is 10.2 Å². The first kappa shape index (κ1) is 17.0. The number of hydrogen-bond donors (Lipinski definition) is 1. The number of nitrogens with zero attached hydrogens (tertiary/aromatic N) is 4. The molecule has 3 rings (SSSR count). The van der Waals surface area contributed by atoms with Gasteiger partial charge in [-0.25, -0.2) is 9.97 Å². The molecule has 0 saturated carbocycles. The summed E-state index contributed by atoms with van der Waals surface area (Å²) >= 11 is 1.44. The molecular weight excluding hydrogens is 322 g/mol. The third kappa shape index (κ3) is 4.15. The predicted octanol–water partition coefficient (Wildman–Crippen LogP) is 2.75. The molecule has 1 amide bonds. The molecule has 1 aliphatic rings. The Morgan fingerprint density at radius 2 is 2.25 bits per heavy atom. The Hall–Kier alpha value is -1.86. The van der Waals surface area contributed by atoms with E-state index >= 15 is 0 Å².